The Morgan fingerprint density at radius 3 is 2.67 bits per heavy atom. The molecule has 5 nitrogen and oxygen atoms in total. The molecule has 0 unspecified atom stereocenters. The molecule has 9 heteroatoms. The van der Waals surface area contributed by atoms with Crippen LogP contribution in [0.25, 0.3) is 0 Å². The van der Waals surface area contributed by atoms with Crippen molar-refractivity contribution < 1.29 is 27.2 Å². The molecule has 2 atom stereocenters. The summed E-state index contributed by atoms with van der Waals surface area (Å²) in [5.74, 6) is -2.12. The molecule has 1 aromatic carbocycles. The fourth-order valence-electron chi connectivity index (χ4n) is 2.93. The van der Waals surface area contributed by atoms with E-state index in [2.05, 4.69) is 0 Å². The molecular weight excluding hydrogens is 330 g/mol. The van der Waals surface area contributed by atoms with E-state index in [1.807, 2.05) is 0 Å². The number of hydrogen-bond donors (Lipinski definition) is 1. The van der Waals surface area contributed by atoms with Gasteiger partial charge in [-0.05, 0) is 31.2 Å². The highest BCUT2D eigenvalue weighted by molar-refractivity contribution is 5.86. The first-order valence-corrected chi connectivity index (χ1v) is 7.22. The number of likely N-dealkylation sites (tertiary alicyclic amines) is 1. The highest BCUT2D eigenvalue weighted by Crippen LogP contribution is 2.28. The summed E-state index contributed by atoms with van der Waals surface area (Å²) in [5, 5.41) is 0. The van der Waals surface area contributed by atoms with Gasteiger partial charge < -0.3 is 10.6 Å². The standard InChI is InChI=1S/C15H17F4N3O2/c1-21(11-5-6-22(14(11)24)8-15(17,18)19)12(13(20)23)9-3-2-4-10(16)7-9/h2-4,7,11-12H,5-6,8H2,1H3,(H2,20,23)/t11-,12-/m1/s1. The van der Waals surface area contributed by atoms with E-state index in [1.165, 1.54) is 30.1 Å². The molecule has 2 rings (SSSR count). The van der Waals surface area contributed by atoms with E-state index in [9.17, 15) is 27.2 Å². The maximum Gasteiger partial charge on any atom is 0.406 e. The Bertz CT molecular complexity index is 635. The lowest BCUT2D eigenvalue weighted by Crippen LogP contribution is -2.46. The third-order valence-electron chi connectivity index (χ3n) is 3.97. The molecule has 1 heterocycles. The third kappa shape index (κ3) is 4.02. The molecule has 1 aliphatic heterocycles. The van der Waals surface area contributed by atoms with Gasteiger partial charge in [0.05, 0.1) is 6.04 Å². The number of hydrogen-bond acceptors (Lipinski definition) is 3. The molecule has 1 fully saturated rings. The van der Waals surface area contributed by atoms with E-state index in [0.717, 1.165) is 6.07 Å². The minimum atomic E-state index is -4.49. The zero-order valence-electron chi connectivity index (χ0n) is 12.9. The molecule has 2 amide bonds. The van der Waals surface area contributed by atoms with Gasteiger partial charge in [0.2, 0.25) is 11.8 Å². The lowest BCUT2D eigenvalue weighted by atomic mass is 10.0. The summed E-state index contributed by atoms with van der Waals surface area (Å²) in [5.41, 5.74) is 5.60. The molecule has 0 aliphatic carbocycles. The zero-order valence-corrected chi connectivity index (χ0v) is 12.9. The van der Waals surface area contributed by atoms with Crippen molar-refractivity contribution in [3.8, 4) is 0 Å². The van der Waals surface area contributed by atoms with Gasteiger partial charge in [-0.1, -0.05) is 12.1 Å². The fourth-order valence-corrected chi connectivity index (χ4v) is 2.93. The molecular formula is C15H17F4N3O2. The number of likely N-dealkylation sites (N-methyl/N-ethyl adjacent to an activating group) is 1. The molecule has 0 bridgehead atoms. The van der Waals surface area contributed by atoms with Crippen molar-refractivity contribution in [3.05, 3.63) is 35.6 Å². The summed E-state index contributed by atoms with van der Waals surface area (Å²) < 4.78 is 50.8. The number of rotatable bonds is 5. The Morgan fingerprint density at radius 1 is 1.46 bits per heavy atom. The summed E-state index contributed by atoms with van der Waals surface area (Å²) in [7, 11) is 1.42. The molecule has 1 saturated heterocycles. The minimum absolute atomic E-state index is 0.0675. The average molecular weight is 347 g/mol. The lowest BCUT2D eigenvalue weighted by molar-refractivity contribution is -0.159. The second-order valence-electron chi connectivity index (χ2n) is 5.70. The summed E-state index contributed by atoms with van der Waals surface area (Å²) >= 11 is 0. The number of nitrogens with two attached hydrogens (primary N) is 1. The van der Waals surface area contributed by atoms with Gasteiger partial charge in [-0.3, -0.25) is 14.5 Å². The normalized spacial score (nSPS) is 19.8. The van der Waals surface area contributed by atoms with E-state index in [4.69, 9.17) is 5.73 Å². The molecule has 24 heavy (non-hydrogen) atoms. The predicted octanol–water partition coefficient (Wildman–Crippen LogP) is 1.45. The van der Waals surface area contributed by atoms with Gasteiger partial charge in [-0.25, -0.2) is 4.39 Å². The summed E-state index contributed by atoms with van der Waals surface area (Å²) in [4.78, 5) is 26.0. The van der Waals surface area contributed by atoms with Crippen LogP contribution in [0.4, 0.5) is 17.6 Å². The van der Waals surface area contributed by atoms with E-state index in [1.54, 1.807) is 0 Å². The highest BCUT2D eigenvalue weighted by Gasteiger charge is 2.43. The molecule has 132 valence electrons. The van der Waals surface area contributed by atoms with Crippen molar-refractivity contribution in [1.82, 2.24) is 9.80 Å². The van der Waals surface area contributed by atoms with Crippen LogP contribution >= 0.6 is 0 Å². The van der Waals surface area contributed by atoms with Crippen LogP contribution in [0, 0.1) is 5.82 Å². The first-order chi connectivity index (χ1) is 11.1. The average Bonchev–Trinajstić information content (AvgIpc) is 2.78. The fraction of sp³-hybridized carbons (Fsp3) is 0.467. The van der Waals surface area contributed by atoms with Gasteiger partial charge in [0.1, 0.15) is 18.4 Å². The summed E-state index contributed by atoms with van der Waals surface area (Å²) in [6.45, 7) is -1.40. The number of nitrogens with zero attached hydrogens (tertiary/aromatic N) is 2. The van der Waals surface area contributed by atoms with Gasteiger partial charge in [-0.15, -0.1) is 0 Å². The van der Waals surface area contributed by atoms with Gasteiger partial charge in [0.25, 0.3) is 0 Å². The Hall–Kier alpha value is -2.16. The van der Waals surface area contributed by atoms with Crippen LogP contribution < -0.4 is 5.73 Å². The first-order valence-electron chi connectivity index (χ1n) is 7.22. The van der Waals surface area contributed by atoms with Crippen molar-refractivity contribution in [2.45, 2.75) is 24.7 Å². The number of amides is 2. The Morgan fingerprint density at radius 2 is 2.12 bits per heavy atom. The van der Waals surface area contributed by atoms with E-state index < -0.39 is 42.4 Å². The van der Waals surface area contributed by atoms with Crippen LogP contribution in [0.1, 0.15) is 18.0 Å². The number of alkyl halides is 3. The number of primary amides is 1. The molecule has 0 spiro atoms. The molecule has 0 saturated carbocycles. The third-order valence-corrected chi connectivity index (χ3v) is 3.97. The van der Waals surface area contributed by atoms with Crippen molar-refractivity contribution in [2.75, 3.05) is 20.1 Å². The second-order valence-corrected chi connectivity index (χ2v) is 5.70. The van der Waals surface area contributed by atoms with Gasteiger partial charge >= 0.3 is 6.18 Å². The van der Waals surface area contributed by atoms with E-state index in [-0.39, 0.29) is 18.5 Å². The quantitative estimate of drug-likeness (QED) is 0.820. The molecule has 0 aromatic heterocycles. The Kier molecular flexibility index (Phi) is 5.12. The van der Waals surface area contributed by atoms with E-state index >= 15 is 0 Å². The zero-order chi connectivity index (χ0) is 18.1. The van der Waals surface area contributed by atoms with Gasteiger partial charge in [-0.2, -0.15) is 13.2 Å². The van der Waals surface area contributed by atoms with Crippen LogP contribution in [0.5, 0.6) is 0 Å². The monoisotopic (exact) mass is 347 g/mol. The molecule has 1 aromatic rings. The maximum atomic E-state index is 13.4. The molecule has 2 N–H and O–H groups in total. The molecule has 0 radical (unpaired) electrons. The number of carbonyl (C=O) groups is 2. The second kappa shape index (κ2) is 6.76. The van der Waals surface area contributed by atoms with Gasteiger partial charge in [0, 0.05) is 6.54 Å². The number of carbonyl (C=O) groups excluding carboxylic acids is 2. The van der Waals surface area contributed by atoms with Gasteiger partial charge in [0.15, 0.2) is 0 Å². The summed E-state index contributed by atoms with van der Waals surface area (Å²) in [6.07, 6.45) is -4.36. The van der Waals surface area contributed by atoms with Crippen LogP contribution in [0.3, 0.4) is 0 Å². The maximum absolute atomic E-state index is 13.4. The minimum Gasteiger partial charge on any atom is -0.368 e. The van der Waals surface area contributed by atoms with Crippen LogP contribution in [-0.2, 0) is 9.59 Å². The topological polar surface area (TPSA) is 66.6 Å². The number of halogens is 4. The van der Waals surface area contributed by atoms with Crippen molar-refractivity contribution >= 4 is 11.8 Å². The van der Waals surface area contributed by atoms with E-state index in [0.29, 0.717) is 4.90 Å². The smallest absolute Gasteiger partial charge is 0.368 e. The summed E-state index contributed by atoms with van der Waals surface area (Å²) in [6, 6.07) is 3.13. The van der Waals surface area contributed by atoms with Crippen molar-refractivity contribution in [1.29, 1.82) is 0 Å². The lowest BCUT2D eigenvalue weighted by Gasteiger charge is -2.30. The van der Waals surface area contributed by atoms with Crippen LogP contribution in [0.15, 0.2) is 24.3 Å². The molecule has 1 aliphatic rings. The first kappa shape index (κ1) is 18.2. The Labute approximate surface area is 136 Å². The SMILES string of the molecule is CN([C@@H]1CCN(CC(F)(F)F)C1=O)[C@@H](C(N)=O)c1cccc(F)c1. The Balaban J connectivity index is 2.21. The largest absolute Gasteiger partial charge is 0.406 e. The number of benzene rings is 1. The van der Waals surface area contributed by atoms with Crippen LogP contribution in [-0.4, -0.2) is 54.0 Å². The highest BCUT2D eigenvalue weighted by atomic mass is 19.4. The van der Waals surface area contributed by atoms with Crippen molar-refractivity contribution in [3.63, 3.8) is 0 Å². The van der Waals surface area contributed by atoms with Crippen LogP contribution in [0.2, 0.25) is 0 Å². The van der Waals surface area contributed by atoms with Crippen molar-refractivity contribution in [2.24, 2.45) is 5.73 Å². The predicted molar refractivity (Wildman–Crippen MR) is 77.1 cm³/mol.